The minimum Gasteiger partial charge on any atom is -0.487 e. The molecule has 1 heterocycles. The third-order valence-electron chi connectivity index (χ3n) is 2.76. The average molecular weight is 300 g/mol. The van der Waals surface area contributed by atoms with E-state index in [4.69, 9.17) is 9.84 Å². The Labute approximate surface area is 117 Å². The zero-order valence-corrected chi connectivity index (χ0v) is 10.9. The molecule has 0 fully saturated rings. The largest absolute Gasteiger partial charge is 0.487 e. The number of aryl methyl sites for hydroxylation is 1. The normalized spacial score (nSPS) is 11.4. The lowest BCUT2D eigenvalue weighted by Gasteiger charge is -2.09. The third kappa shape index (κ3) is 3.53. The van der Waals surface area contributed by atoms with E-state index in [2.05, 4.69) is 5.10 Å². The maximum absolute atomic E-state index is 12.4. The molecular weight excluding hydrogens is 289 g/mol. The number of hydrogen-bond donors (Lipinski definition) is 1. The number of halogens is 3. The standard InChI is InChI=1S/C13H11F3N2O3/c1-18-9(6-11(17-18)12(19)20)7-21-10-4-2-8(3-5-10)13(14,15)16/h2-6H,7H2,1H3,(H,19,20). The van der Waals surface area contributed by atoms with Gasteiger partial charge in [0.25, 0.3) is 0 Å². The lowest BCUT2D eigenvalue weighted by molar-refractivity contribution is -0.137. The van der Waals surface area contributed by atoms with Gasteiger partial charge in [-0.15, -0.1) is 0 Å². The zero-order chi connectivity index (χ0) is 15.6. The van der Waals surface area contributed by atoms with Gasteiger partial charge in [-0.05, 0) is 30.3 Å². The van der Waals surface area contributed by atoms with Crippen molar-refractivity contribution in [2.45, 2.75) is 12.8 Å². The van der Waals surface area contributed by atoms with E-state index in [0.717, 1.165) is 12.1 Å². The lowest BCUT2D eigenvalue weighted by Crippen LogP contribution is -2.05. The Morgan fingerprint density at radius 2 is 1.95 bits per heavy atom. The van der Waals surface area contributed by atoms with E-state index < -0.39 is 17.7 Å². The van der Waals surface area contributed by atoms with Crippen LogP contribution in [-0.4, -0.2) is 20.9 Å². The highest BCUT2D eigenvalue weighted by atomic mass is 19.4. The van der Waals surface area contributed by atoms with Crippen LogP contribution in [0.2, 0.25) is 0 Å². The lowest BCUT2D eigenvalue weighted by atomic mass is 10.2. The molecule has 0 aliphatic heterocycles. The number of nitrogens with zero attached hydrogens (tertiary/aromatic N) is 2. The Kier molecular flexibility index (Phi) is 3.88. The van der Waals surface area contributed by atoms with Crippen molar-refractivity contribution in [1.82, 2.24) is 9.78 Å². The predicted molar refractivity (Wildman–Crippen MR) is 65.9 cm³/mol. The first kappa shape index (κ1) is 14.9. The highest BCUT2D eigenvalue weighted by Crippen LogP contribution is 2.30. The first-order valence-corrected chi connectivity index (χ1v) is 5.83. The summed E-state index contributed by atoms with van der Waals surface area (Å²) >= 11 is 0. The maximum atomic E-state index is 12.4. The monoisotopic (exact) mass is 300 g/mol. The fourth-order valence-corrected chi connectivity index (χ4v) is 1.64. The van der Waals surface area contributed by atoms with E-state index in [0.29, 0.717) is 5.69 Å². The van der Waals surface area contributed by atoms with E-state index in [1.165, 1.54) is 22.9 Å². The van der Waals surface area contributed by atoms with Crippen molar-refractivity contribution in [3.63, 3.8) is 0 Å². The number of carboxylic acid groups (broad SMARTS) is 1. The average Bonchev–Trinajstić information content (AvgIpc) is 2.77. The van der Waals surface area contributed by atoms with Crippen molar-refractivity contribution < 1.29 is 27.8 Å². The number of aromatic carboxylic acids is 1. The number of ether oxygens (including phenoxy) is 1. The van der Waals surface area contributed by atoms with Crippen LogP contribution in [0.3, 0.4) is 0 Å². The topological polar surface area (TPSA) is 64.4 Å². The summed E-state index contributed by atoms with van der Waals surface area (Å²) in [6.45, 7) is 0.00213. The van der Waals surface area contributed by atoms with Crippen LogP contribution in [0.25, 0.3) is 0 Å². The molecule has 0 aliphatic carbocycles. The SMILES string of the molecule is Cn1nc(C(=O)O)cc1COc1ccc(C(F)(F)F)cc1. The molecule has 0 spiro atoms. The summed E-state index contributed by atoms with van der Waals surface area (Å²) in [5.74, 6) is -0.910. The maximum Gasteiger partial charge on any atom is 0.416 e. The molecule has 8 heteroatoms. The Morgan fingerprint density at radius 3 is 2.43 bits per heavy atom. The van der Waals surface area contributed by atoms with E-state index in [-0.39, 0.29) is 18.1 Å². The van der Waals surface area contributed by atoms with Crippen LogP contribution in [0.5, 0.6) is 5.75 Å². The van der Waals surface area contributed by atoms with Gasteiger partial charge in [-0.1, -0.05) is 0 Å². The Bertz CT molecular complexity index is 648. The summed E-state index contributed by atoms with van der Waals surface area (Å²) in [6.07, 6.45) is -4.39. The highest BCUT2D eigenvalue weighted by molar-refractivity contribution is 5.85. The molecule has 0 radical (unpaired) electrons. The van der Waals surface area contributed by atoms with E-state index >= 15 is 0 Å². The van der Waals surface area contributed by atoms with Gasteiger partial charge in [-0.25, -0.2) is 4.79 Å². The van der Waals surface area contributed by atoms with Gasteiger partial charge in [0, 0.05) is 7.05 Å². The summed E-state index contributed by atoms with van der Waals surface area (Å²) in [6, 6.07) is 5.59. The fraction of sp³-hybridized carbons (Fsp3) is 0.231. The molecule has 0 unspecified atom stereocenters. The quantitative estimate of drug-likeness (QED) is 0.943. The van der Waals surface area contributed by atoms with Gasteiger partial charge in [0.1, 0.15) is 12.4 Å². The summed E-state index contributed by atoms with van der Waals surface area (Å²) < 4.78 is 43.8. The third-order valence-corrected chi connectivity index (χ3v) is 2.76. The molecule has 112 valence electrons. The molecule has 0 aliphatic rings. The second-order valence-electron chi connectivity index (χ2n) is 4.26. The predicted octanol–water partition coefficient (Wildman–Crippen LogP) is 2.72. The van der Waals surface area contributed by atoms with Crippen LogP contribution in [-0.2, 0) is 19.8 Å². The summed E-state index contributed by atoms with van der Waals surface area (Å²) in [5, 5.41) is 12.5. The highest BCUT2D eigenvalue weighted by Gasteiger charge is 2.30. The number of alkyl halides is 3. The Hall–Kier alpha value is -2.51. The van der Waals surface area contributed by atoms with Gasteiger partial charge in [-0.3, -0.25) is 4.68 Å². The Balaban J connectivity index is 2.05. The number of rotatable bonds is 4. The molecular formula is C13H11F3N2O3. The number of carboxylic acids is 1. The van der Waals surface area contributed by atoms with Crippen molar-refractivity contribution in [1.29, 1.82) is 0 Å². The molecule has 0 bridgehead atoms. The van der Waals surface area contributed by atoms with Crippen molar-refractivity contribution in [3.8, 4) is 5.75 Å². The second-order valence-corrected chi connectivity index (χ2v) is 4.26. The first-order chi connectivity index (χ1) is 9.77. The van der Waals surface area contributed by atoms with Crippen molar-refractivity contribution in [3.05, 3.63) is 47.3 Å². The van der Waals surface area contributed by atoms with Crippen molar-refractivity contribution in [2.24, 2.45) is 7.05 Å². The minimum absolute atomic E-state index is 0.00213. The molecule has 1 aromatic carbocycles. The number of aromatic nitrogens is 2. The molecule has 2 rings (SSSR count). The summed E-state index contributed by atoms with van der Waals surface area (Å²) in [5.41, 5.74) is -0.389. The van der Waals surface area contributed by atoms with Gasteiger partial charge in [0.05, 0.1) is 11.3 Å². The molecule has 1 N–H and O–H groups in total. The fourth-order valence-electron chi connectivity index (χ4n) is 1.64. The number of hydrogen-bond acceptors (Lipinski definition) is 3. The molecule has 0 saturated heterocycles. The van der Waals surface area contributed by atoms with Crippen LogP contribution in [0.4, 0.5) is 13.2 Å². The summed E-state index contributed by atoms with van der Waals surface area (Å²) in [7, 11) is 1.55. The van der Waals surface area contributed by atoms with Crippen LogP contribution < -0.4 is 4.74 Å². The minimum atomic E-state index is -4.39. The molecule has 1 aromatic heterocycles. The Morgan fingerprint density at radius 1 is 1.33 bits per heavy atom. The zero-order valence-electron chi connectivity index (χ0n) is 10.9. The summed E-state index contributed by atoms with van der Waals surface area (Å²) in [4.78, 5) is 10.7. The van der Waals surface area contributed by atoms with E-state index in [1.807, 2.05) is 0 Å². The number of carbonyl (C=O) groups is 1. The smallest absolute Gasteiger partial charge is 0.416 e. The van der Waals surface area contributed by atoms with Crippen LogP contribution in [0.15, 0.2) is 30.3 Å². The van der Waals surface area contributed by atoms with Gasteiger partial charge in [-0.2, -0.15) is 18.3 Å². The first-order valence-electron chi connectivity index (χ1n) is 5.83. The molecule has 0 atom stereocenters. The second kappa shape index (κ2) is 5.47. The van der Waals surface area contributed by atoms with Crippen LogP contribution in [0.1, 0.15) is 21.7 Å². The van der Waals surface area contributed by atoms with Crippen LogP contribution >= 0.6 is 0 Å². The number of benzene rings is 1. The van der Waals surface area contributed by atoms with E-state index in [1.54, 1.807) is 7.05 Å². The van der Waals surface area contributed by atoms with E-state index in [9.17, 15) is 18.0 Å². The van der Waals surface area contributed by atoms with Gasteiger partial charge in [0.15, 0.2) is 5.69 Å². The van der Waals surface area contributed by atoms with Gasteiger partial charge >= 0.3 is 12.1 Å². The van der Waals surface area contributed by atoms with Gasteiger partial charge in [0.2, 0.25) is 0 Å². The van der Waals surface area contributed by atoms with Crippen molar-refractivity contribution in [2.75, 3.05) is 0 Å². The molecule has 2 aromatic rings. The molecule has 0 saturated carbocycles. The molecule has 0 amide bonds. The molecule has 21 heavy (non-hydrogen) atoms. The van der Waals surface area contributed by atoms with Crippen LogP contribution in [0, 0.1) is 0 Å². The molecule has 5 nitrogen and oxygen atoms in total. The van der Waals surface area contributed by atoms with Gasteiger partial charge < -0.3 is 9.84 Å². The van der Waals surface area contributed by atoms with Crippen molar-refractivity contribution >= 4 is 5.97 Å².